The van der Waals surface area contributed by atoms with Gasteiger partial charge in [0.15, 0.2) is 0 Å². The van der Waals surface area contributed by atoms with Crippen molar-refractivity contribution in [3.05, 3.63) is 99.7 Å². The lowest BCUT2D eigenvalue weighted by Crippen LogP contribution is -2.38. The molecule has 2 N–H and O–H groups in total. The maximum absolute atomic E-state index is 14.0. The van der Waals surface area contributed by atoms with Crippen LogP contribution in [0.15, 0.2) is 65.7 Å². The molecule has 1 atom stereocenters. The Morgan fingerprint density at radius 3 is 2.57 bits per heavy atom. The number of halogens is 1. The summed E-state index contributed by atoms with van der Waals surface area (Å²) in [5.41, 5.74) is 2.64. The summed E-state index contributed by atoms with van der Waals surface area (Å²) in [5.74, 6) is 0.383. The predicted molar refractivity (Wildman–Crippen MR) is 167 cm³/mol. The highest BCUT2D eigenvalue weighted by Crippen LogP contribution is 2.26. The van der Waals surface area contributed by atoms with Gasteiger partial charge in [0.1, 0.15) is 29.0 Å². The van der Waals surface area contributed by atoms with E-state index in [9.17, 15) is 18.8 Å². The highest BCUT2D eigenvalue weighted by atomic mass is 19.1. The molecule has 44 heavy (non-hydrogen) atoms. The summed E-state index contributed by atoms with van der Waals surface area (Å²) in [6, 6.07) is 12.6. The number of rotatable bonds is 8. The van der Waals surface area contributed by atoms with E-state index in [0.29, 0.717) is 34.3 Å². The second-order valence-corrected chi connectivity index (χ2v) is 10.8. The van der Waals surface area contributed by atoms with Gasteiger partial charge in [-0.15, -0.1) is 0 Å². The molecule has 11 nitrogen and oxygen atoms in total. The molecule has 0 spiro atoms. The van der Waals surface area contributed by atoms with Crippen LogP contribution in [0.2, 0.25) is 0 Å². The number of likely N-dealkylation sites (N-methyl/N-ethyl adjacent to an activating group) is 1. The van der Waals surface area contributed by atoms with Crippen LogP contribution in [0.3, 0.4) is 0 Å². The van der Waals surface area contributed by atoms with Gasteiger partial charge in [0.25, 0.3) is 11.5 Å². The molecular formula is C32H33FN8O3. The van der Waals surface area contributed by atoms with Crippen molar-refractivity contribution in [2.24, 2.45) is 0 Å². The summed E-state index contributed by atoms with van der Waals surface area (Å²) in [7, 11) is 4.97. The van der Waals surface area contributed by atoms with E-state index in [0.717, 1.165) is 16.5 Å². The van der Waals surface area contributed by atoms with E-state index in [2.05, 4.69) is 25.6 Å². The zero-order valence-corrected chi connectivity index (χ0v) is 25.3. The Kier molecular flexibility index (Phi) is 8.36. The first-order valence-electron chi connectivity index (χ1n) is 14.0. The van der Waals surface area contributed by atoms with Crippen LogP contribution in [0.5, 0.6) is 0 Å². The summed E-state index contributed by atoms with van der Waals surface area (Å²) >= 11 is 0. The zero-order chi connectivity index (χ0) is 31.7. The van der Waals surface area contributed by atoms with E-state index < -0.39 is 17.5 Å². The van der Waals surface area contributed by atoms with Gasteiger partial charge in [-0.05, 0) is 63.7 Å². The Bertz CT molecular complexity index is 1960. The second kappa shape index (κ2) is 12.2. The van der Waals surface area contributed by atoms with Crippen LogP contribution in [0, 0.1) is 19.7 Å². The van der Waals surface area contributed by atoms with Crippen molar-refractivity contribution < 1.29 is 14.0 Å². The normalized spacial score (nSPS) is 11.9. The fourth-order valence-electron chi connectivity index (χ4n) is 4.91. The summed E-state index contributed by atoms with van der Waals surface area (Å²) in [6.45, 7) is 5.31. The molecule has 0 saturated heterocycles. The van der Waals surface area contributed by atoms with Crippen LogP contribution >= 0.6 is 0 Å². The fourth-order valence-corrected chi connectivity index (χ4v) is 4.91. The molecule has 12 heteroatoms. The number of benzene rings is 2. The van der Waals surface area contributed by atoms with Gasteiger partial charge in [0, 0.05) is 42.9 Å². The largest absolute Gasteiger partial charge is 0.345 e. The molecule has 0 aliphatic heterocycles. The van der Waals surface area contributed by atoms with Crippen molar-refractivity contribution in [2.75, 3.05) is 26.5 Å². The van der Waals surface area contributed by atoms with Crippen LogP contribution in [0.4, 0.5) is 10.1 Å². The van der Waals surface area contributed by atoms with E-state index in [1.54, 1.807) is 71.4 Å². The number of aromatic nitrogens is 5. The average molecular weight is 597 g/mol. The second-order valence-electron chi connectivity index (χ2n) is 10.8. The number of amides is 2. The standard InChI is InChI=1S/C32H33FN8O3/c1-18-16-40(27-11-10-23(33)13-25(18)27)28-14-24(36-20(3)37-28)17-41-29(21-8-7-9-22(12-21)31(43)39(5)6)35-15-26(32(41)44)38-30(42)19(2)34-4/h7-16,19,34H,17H2,1-6H3,(H,38,42)/t19-/m0/s1. The van der Waals surface area contributed by atoms with Gasteiger partial charge in [-0.25, -0.2) is 19.3 Å². The molecule has 226 valence electrons. The Labute approximate surface area is 253 Å². The van der Waals surface area contributed by atoms with Gasteiger partial charge >= 0.3 is 0 Å². The van der Waals surface area contributed by atoms with Gasteiger partial charge < -0.3 is 20.1 Å². The quantitative estimate of drug-likeness (QED) is 0.280. The lowest BCUT2D eigenvalue weighted by Gasteiger charge is -2.17. The summed E-state index contributed by atoms with van der Waals surface area (Å²) in [4.78, 5) is 54.5. The number of hydrogen-bond donors (Lipinski definition) is 2. The van der Waals surface area contributed by atoms with Gasteiger partial charge in [0.05, 0.1) is 30.0 Å². The van der Waals surface area contributed by atoms with Gasteiger partial charge in [-0.1, -0.05) is 12.1 Å². The predicted octanol–water partition coefficient (Wildman–Crippen LogP) is 3.70. The van der Waals surface area contributed by atoms with Crippen molar-refractivity contribution in [3.8, 4) is 17.2 Å². The van der Waals surface area contributed by atoms with Gasteiger partial charge in [0.2, 0.25) is 5.91 Å². The Morgan fingerprint density at radius 1 is 1.07 bits per heavy atom. The molecule has 0 aliphatic carbocycles. The number of hydrogen-bond acceptors (Lipinski definition) is 7. The molecule has 0 unspecified atom stereocenters. The lowest BCUT2D eigenvalue weighted by molar-refractivity contribution is -0.117. The average Bonchev–Trinajstić information content (AvgIpc) is 3.33. The fraction of sp³-hybridized carbons (Fsp3) is 0.250. The lowest BCUT2D eigenvalue weighted by atomic mass is 10.1. The van der Waals surface area contributed by atoms with E-state index in [1.165, 1.54) is 27.8 Å². The number of carbonyl (C=O) groups excluding carboxylic acids is 2. The third-order valence-corrected chi connectivity index (χ3v) is 7.32. The SMILES string of the molecule is CN[C@@H](C)C(=O)Nc1cnc(-c2cccc(C(=O)N(C)C)c2)n(Cc2cc(-n3cc(C)c4cc(F)ccc43)nc(C)n2)c1=O. The summed E-state index contributed by atoms with van der Waals surface area (Å²) < 4.78 is 17.2. The molecule has 2 aromatic carbocycles. The van der Waals surface area contributed by atoms with Crippen molar-refractivity contribution >= 4 is 28.4 Å². The highest BCUT2D eigenvalue weighted by Gasteiger charge is 2.19. The number of nitrogens with zero attached hydrogens (tertiary/aromatic N) is 6. The first kappa shape index (κ1) is 30.2. The van der Waals surface area contributed by atoms with Crippen molar-refractivity contribution in [2.45, 2.75) is 33.4 Å². The zero-order valence-electron chi connectivity index (χ0n) is 25.3. The van der Waals surface area contributed by atoms with Crippen LogP contribution < -0.4 is 16.2 Å². The third-order valence-electron chi connectivity index (χ3n) is 7.32. The maximum atomic E-state index is 14.0. The monoisotopic (exact) mass is 596 g/mol. The molecule has 0 saturated carbocycles. The van der Waals surface area contributed by atoms with Crippen molar-refractivity contribution in [3.63, 3.8) is 0 Å². The summed E-state index contributed by atoms with van der Waals surface area (Å²) in [6.07, 6.45) is 3.20. The smallest absolute Gasteiger partial charge is 0.277 e. The van der Waals surface area contributed by atoms with Crippen molar-refractivity contribution in [1.29, 1.82) is 0 Å². The molecule has 3 aromatic heterocycles. The number of aryl methyl sites for hydroxylation is 2. The Balaban J connectivity index is 1.64. The molecule has 5 rings (SSSR count). The molecule has 5 aromatic rings. The van der Waals surface area contributed by atoms with Crippen LogP contribution in [-0.2, 0) is 11.3 Å². The van der Waals surface area contributed by atoms with E-state index >= 15 is 0 Å². The molecular weight excluding hydrogens is 563 g/mol. The molecule has 3 heterocycles. The number of fused-ring (bicyclic) bond motifs is 1. The van der Waals surface area contributed by atoms with E-state index in [-0.39, 0.29) is 24.0 Å². The minimum Gasteiger partial charge on any atom is -0.345 e. The number of anilines is 1. The van der Waals surface area contributed by atoms with Crippen molar-refractivity contribution in [1.82, 2.24) is 34.3 Å². The first-order chi connectivity index (χ1) is 21.0. The Morgan fingerprint density at radius 2 is 1.84 bits per heavy atom. The van der Waals surface area contributed by atoms with Gasteiger partial charge in [-0.2, -0.15) is 0 Å². The van der Waals surface area contributed by atoms with Gasteiger partial charge in [-0.3, -0.25) is 19.0 Å². The van der Waals surface area contributed by atoms with E-state index in [1.807, 2.05) is 17.7 Å². The number of nitrogens with one attached hydrogen (secondary N) is 2. The van der Waals surface area contributed by atoms with Crippen LogP contribution in [-0.4, -0.2) is 68.0 Å². The minimum absolute atomic E-state index is 0.00132. The molecule has 0 bridgehead atoms. The van der Waals surface area contributed by atoms with Crippen LogP contribution in [0.25, 0.3) is 28.1 Å². The summed E-state index contributed by atoms with van der Waals surface area (Å²) in [5, 5.41) is 6.27. The molecule has 0 radical (unpaired) electrons. The first-order valence-corrected chi connectivity index (χ1v) is 14.0. The highest BCUT2D eigenvalue weighted by molar-refractivity contribution is 5.95. The van der Waals surface area contributed by atoms with E-state index in [4.69, 9.17) is 0 Å². The topological polar surface area (TPSA) is 127 Å². The minimum atomic E-state index is -0.545. The maximum Gasteiger partial charge on any atom is 0.277 e. The molecule has 2 amide bonds. The van der Waals surface area contributed by atoms with Crippen LogP contribution in [0.1, 0.15) is 34.4 Å². The number of carbonyl (C=O) groups is 2. The third kappa shape index (κ3) is 5.97. The molecule has 0 aliphatic rings. The Hall–Kier alpha value is -5.23. The molecule has 0 fully saturated rings.